The van der Waals surface area contributed by atoms with Crippen molar-refractivity contribution in [3.63, 3.8) is 0 Å². The van der Waals surface area contributed by atoms with E-state index in [0.29, 0.717) is 13.1 Å². The van der Waals surface area contributed by atoms with Gasteiger partial charge in [-0.15, -0.1) is 11.3 Å². The molecule has 2 aromatic carbocycles. The number of urea groups is 1. The summed E-state index contributed by atoms with van der Waals surface area (Å²) in [5.41, 5.74) is 2.17. The first-order chi connectivity index (χ1) is 13.0. The average Bonchev–Trinajstić information content (AvgIpc) is 3.07. The quantitative estimate of drug-likeness (QED) is 0.645. The van der Waals surface area contributed by atoms with E-state index < -0.39 is 0 Å². The minimum absolute atomic E-state index is 0.194. The van der Waals surface area contributed by atoms with Crippen LogP contribution in [0.2, 0.25) is 0 Å². The van der Waals surface area contributed by atoms with Gasteiger partial charge in [0.05, 0.1) is 0 Å². The Morgan fingerprint density at radius 2 is 1.85 bits per heavy atom. The summed E-state index contributed by atoms with van der Waals surface area (Å²) in [6.45, 7) is 0.917. The lowest BCUT2D eigenvalue weighted by Gasteiger charge is -2.24. The van der Waals surface area contributed by atoms with Gasteiger partial charge in [0.1, 0.15) is 5.82 Å². The fraction of sp³-hybridized carbons (Fsp3) is 0.286. The van der Waals surface area contributed by atoms with Crippen LogP contribution < -0.4 is 10.6 Å². The first-order valence-corrected chi connectivity index (χ1v) is 9.78. The van der Waals surface area contributed by atoms with Crippen LogP contribution in [0.1, 0.15) is 11.1 Å². The Bertz CT molecular complexity index is 892. The van der Waals surface area contributed by atoms with Gasteiger partial charge in [-0.2, -0.15) is 0 Å². The number of rotatable bonds is 7. The van der Waals surface area contributed by atoms with Crippen molar-refractivity contribution < 1.29 is 9.18 Å². The summed E-state index contributed by atoms with van der Waals surface area (Å²) in [5.74, 6) is -0.280. The van der Waals surface area contributed by atoms with Gasteiger partial charge in [-0.1, -0.05) is 30.3 Å². The molecule has 0 fully saturated rings. The molecule has 0 aliphatic carbocycles. The number of carbonyl (C=O) groups is 1. The van der Waals surface area contributed by atoms with Crippen LogP contribution in [-0.2, 0) is 13.0 Å². The van der Waals surface area contributed by atoms with E-state index in [4.69, 9.17) is 0 Å². The van der Waals surface area contributed by atoms with Crippen LogP contribution in [-0.4, -0.2) is 37.6 Å². The maximum atomic E-state index is 12.9. The molecule has 142 valence electrons. The number of amides is 2. The Morgan fingerprint density at radius 1 is 1.11 bits per heavy atom. The highest BCUT2D eigenvalue weighted by Crippen LogP contribution is 2.27. The van der Waals surface area contributed by atoms with E-state index >= 15 is 0 Å². The molecule has 27 heavy (non-hydrogen) atoms. The predicted molar refractivity (Wildman–Crippen MR) is 110 cm³/mol. The molecule has 3 rings (SSSR count). The smallest absolute Gasteiger partial charge is 0.315 e. The summed E-state index contributed by atoms with van der Waals surface area (Å²) >= 11 is 1.75. The SMILES string of the molecule is CN(C)[C@H](CNC(=O)NCc1ccc(F)cc1)Cc1csc2ccccc12. The fourth-order valence-electron chi connectivity index (χ4n) is 2.94. The molecule has 0 aliphatic heterocycles. The van der Waals surface area contributed by atoms with Gasteiger partial charge in [0.15, 0.2) is 0 Å². The number of hydrogen-bond acceptors (Lipinski definition) is 3. The van der Waals surface area contributed by atoms with Crippen LogP contribution in [0.5, 0.6) is 0 Å². The molecule has 0 radical (unpaired) electrons. The Labute approximate surface area is 163 Å². The van der Waals surface area contributed by atoms with Gasteiger partial charge in [0.2, 0.25) is 0 Å². The highest BCUT2D eigenvalue weighted by Gasteiger charge is 2.16. The summed E-state index contributed by atoms with van der Waals surface area (Å²) in [7, 11) is 4.05. The van der Waals surface area contributed by atoms with Crippen molar-refractivity contribution >= 4 is 27.5 Å². The molecule has 0 saturated heterocycles. The van der Waals surface area contributed by atoms with Crippen molar-refractivity contribution in [3.05, 3.63) is 70.9 Å². The number of carbonyl (C=O) groups excluding carboxylic acids is 1. The number of thiophene rings is 1. The Morgan fingerprint density at radius 3 is 2.59 bits per heavy atom. The fourth-order valence-corrected chi connectivity index (χ4v) is 3.92. The number of hydrogen-bond donors (Lipinski definition) is 2. The summed E-state index contributed by atoms with van der Waals surface area (Å²) in [6, 6.07) is 14.5. The van der Waals surface area contributed by atoms with E-state index in [1.807, 2.05) is 14.1 Å². The second-order valence-electron chi connectivity index (χ2n) is 6.77. The average molecular weight is 386 g/mol. The van der Waals surface area contributed by atoms with Crippen molar-refractivity contribution in [1.82, 2.24) is 15.5 Å². The molecule has 2 N–H and O–H groups in total. The van der Waals surface area contributed by atoms with Crippen molar-refractivity contribution in [2.24, 2.45) is 0 Å². The summed E-state index contributed by atoms with van der Waals surface area (Å²) in [4.78, 5) is 14.2. The van der Waals surface area contributed by atoms with Crippen LogP contribution in [0, 0.1) is 5.82 Å². The maximum Gasteiger partial charge on any atom is 0.315 e. The number of halogens is 1. The lowest BCUT2D eigenvalue weighted by molar-refractivity contribution is 0.231. The number of nitrogens with one attached hydrogen (secondary N) is 2. The first kappa shape index (κ1) is 19.3. The number of benzene rings is 2. The topological polar surface area (TPSA) is 44.4 Å². The van der Waals surface area contributed by atoms with E-state index in [1.54, 1.807) is 23.5 Å². The van der Waals surface area contributed by atoms with E-state index in [2.05, 4.69) is 45.2 Å². The van der Waals surface area contributed by atoms with E-state index in [1.165, 1.54) is 27.8 Å². The van der Waals surface area contributed by atoms with Crippen LogP contribution >= 0.6 is 11.3 Å². The third kappa shape index (κ3) is 5.28. The third-order valence-electron chi connectivity index (χ3n) is 4.61. The van der Waals surface area contributed by atoms with E-state index in [0.717, 1.165) is 12.0 Å². The number of nitrogens with zero attached hydrogens (tertiary/aromatic N) is 1. The number of fused-ring (bicyclic) bond motifs is 1. The van der Waals surface area contributed by atoms with Gasteiger partial charge in [0, 0.05) is 23.8 Å². The molecule has 0 spiro atoms. The first-order valence-electron chi connectivity index (χ1n) is 8.90. The molecule has 0 aliphatic rings. The minimum atomic E-state index is -0.280. The lowest BCUT2D eigenvalue weighted by atomic mass is 10.0. The summed E-state index contributed by atoms with van der Waals surface area (Å²) < 4.78 is 14.2. The molecular formula is C21H24FN3OS. The highest BCUT2D eigenvalue weighted by atomic mass is 32.1. The van der Waals surface area contributed by atoms with Crippen LogP contribution in [0.4, 0.5) is 9.18 Å². The molecule has 2 amide bonds. The molecule has 1 heterocycles. The third-order valence-corrected chi connectivity index (χ3v) is 5.62. The van der Waals surface area contributed by atoms with Gasteiger partial charge >= 0.3 is 6.03 Å². The van der Waals surface area contributed by atoms with Crippen molar-refractivity contribution in [2.75, 3.05) is 20.6 Å². The number of likely N-dealkylation sites (N-methyl/N-ethyl adjacent to an activating group) is 1. The highest BCUT2D eigenvalue weighted by molar-refractivity contribution is 7.17. The molecule has 3 aromatic rings. The molecule has 0 bridgehead atoms. The molecular weight excluding hydrogens is 361 g/mol. The normalized spacial score (nSPS) is 12.3. The van der Waals surface area contributed by atoms with Gasteiger partial charge in [-0.3, -0.25) is 0 Å². The van der Waals surface area contributed by atoms with Crippen LogP contribution in [0.25, 0.3) is 10.1 Å². The maximum absolute atomic E-state index is 12.9. The monoisotopic (exact) mass is 385 g/mol. The second kappa shape index (κ2) is 8.97. The second-order valence-corrected chi connectivity index (χ2v) is 7.68. The zero-order valence-electron chi connectivity index (χ0n) is 15.5. The Hall–Kier alpha value is -2.44. The molecule has 4 nitrogen and oxygen atoms in total. The zero-order valence-corrected chi connectivity index (χ0v) is 16.4. The van der Waals surface area contributed by atoms with Crippen LogP contribution in [0.3, 0.4) is 0 Å². The summed E-state index contributed by atoms with van der Waals surface area (Å²) in [6.07, 6.45) is 0.870. The van der Waals surface area contributed by atoms with Gasteiger partial charge in [0.25, 0.3) is 0 Å². The van der Waals surface area contributed by atoms with Crippen LogP contribution in [0.15, 0.2) is 53.9 Å². The predicted octanol–water partition coefficient (Wildman–Crippen LogP) is 4.01. The zero-order chi connectivity index (χ0) is 19.2. The lowest BCUT2D eigenvalue weighted by Crippen LogP contribution is -2.44. The molecule has 6 heteroatoms. The van der Waals surface area contributed by atoms with Gasteiger partial charge in [-0.25, -0.2) is 9.18 Å². The molecule has 1 atom stereocenters. The van der Waals surface area contributed by atoms with Gasteiger partial charge in [-0.05, 0) is 60.6 Å². The Balaban J connectivity index is 1.53. The van der Waals surface area contributed by atoms with E-state index in [9.17, 15) is 9.18 Å². The van der Waals surface area contributed by atoms with Crippen molar-refractivity contribution in [3.8, 4) is 0 Å². The summed E-state index contributed by atoms with van der Waals surface area (Å²) in [5, 5.41) is 9.25. The Kier molecular flexibility index (Phi) is 6.42. The standard InChI is InChI=1S/C21H24FN3OS/c1-25(2)18(11-16-14-27-20-6-4-3-5-19(16)20)13-24-21(26)23-12-15-7-9-17(22)10-8-15/h3-10,14,18H,11-13H2,1-2H3,(H2,23,24,26)/t18-/m0/s1. The largest absolute Gasteiger partial charge is 0.337 e. The molecule has 0 unspecified atom stereocenters. The van der Waals surface area contributed by atoms with Crippen molar-refractivity contribution in [1.29, 1.82) is 0 Å². The van der Waals surface area contributed by atoms with Crippen molar-refractivity contribution in [2.45, 2.75) is 19.0 Å². The minimum Gasteiger partial charge on any atom is -0.337 e. The van der Waals surface area contributed by atoms with Gasteiger partial charge < -0.3 is 15.5 Å². The van der Waals surface area contributed by atoms with E-state index in [-0.39, 0.29) is 17.9 Å². The molecule has 1 aromatic heterocycles. The molecule has 0 saturated carbocycles.